The molecule has 0 saturated carbocycles. The highest BCUT2D eigenvalue weighted by molar-refractivity contribution is 6.31. The molecule has 1 aromatic rings. The van der Waals surface area contributed by atoms with Gasteiger partial charge < -0.3 is 10.2 Å². The third kappa shape index (κ3) is 5.19. The molecule has 0 saturated heterocycles. The molecule has 1 atom stereocenters. The number of rotatable bonds is 6. The molecule has 0 amide bonds. The maximum atomic E-state index is 6.44. The van der Waals surface area contributed by atoms with Crippen molar-refractivity contribution in [1.82, 2.24) is 5.32 Å². The molecule has 0 spiro atoms. The van der Waals surface area contributed by atoms with E-state index in [0.717, 1.165) is 18.1 Å². The number of hydrogen-bond acceptors (Lipinski definition) is 2. The molecule has 0 aliphatic rings. The molecule has 3 heteroatoms. The summed E-state index contributed by atoms with van der Waals surface area (Å²) in [7, 11) is 2.16. The molecule has 1 rings (SSSR count). The number of nitrogens with one attached hydrogen (secondary N) is 1. The maximum absolute atomic E-state index is 6.44. The first-order valence-corrected chi connectivity index (χ1v) is 8.23. The predicted molar refractivity (Wildman–Crippen MR) is 95.3 cm³/mol. The molecule has 120 valence electrons. The van der Waals surface area contributed by atoms with Crippen LogP contribution in [0.2, 0.25) is 5.02 Å². The lowest BCUT2D eigenvalue weighted by Crippen LogP contribution is -2.40. The highest BCUT2D eigenvalue weighted by Crippen LogP contribution is 2.32. The van der Waals surface area contributed by atoms with Crippen LogP contribution in [0.25, 0.3) is 0 Å². The molecular formula is C18H31ClN2. The van der Waals surface area contributed by atoms with Crippen molar-refractivity contribution in [2.45, 2.75) is 54.1 Å². The summed E-state index contributed by atoms with van der Waals surface area (Å²) in [4.78, 5) is 2.35. The van der Waals surface area contributed by atoms with Crippen molar-refractivity contribution < 1.29 is 0 Å². The van der Waals surface area contributed by atoms with Gasteiger partial charge in [0.2, 0.25) is 0 Å². The fraction of sp³-hybridized carbons (Fsp3) is 0.667. The van der Waals surface area contributed by atoms with E-state index in [4.69, 9.17) is 11.6 Å². The Morgan fingerprint density at radius 1 is 1.19 bits per heavy atom. The van der Waals surface area contributed by atoms with Gasteiger partial charge in [0.25, 0.3) is 0 Å². The minimum Gasteiger partial charge on any atom is -0.371 e. The van der Waals surface area contributed by atoms with Gasteiger partial charge in [0.1, 0.15) is 0 Å². The standard InChI is InChI=1S/C18H31ClN2/c1-13(2)11-20-12-15-16(19)9-8-10-17(15)21(7)14(3)18(4,5)6/h8-10,13-14,20H,11-12H2,1-7H3. The summed E-state index contributed by atoms with van der Waals surface area (Å²) in [6, 6.07) is 6.61. The number of halogens is 1. The predicted octanol–water partition coefficient (Wildman–Crippen LogP) is 4.96. The van der Waals surface area contributed by atoms with E-state index in [-0.39, 0.29) is 5.41 Å². The molecule has 2 nitrogen and oxygen atoms in total. The normalized spacial score (nSPS) is 13.6. The van der Waals surface area contributed by atoms with Crippen molar-refractivity contribution in [3.63, 3.8) is 0 Å². The van der Waals surface area contributed by atoms with E-state index in [1.54, 1.807) is 0 Å². The van der Waals surface area contributed by atoms with Gasteiger partial charge in [-0.25, -0.2) is 0 Å². The van der Waals surface area contributed by atoms with Gasteiger partial charge in [-0.15, -0.1) is 0 Å². The zero-order chi connectivity index (χ0) is 16.2. The van der Waals surface area contributed by atoms with Gasteiger partial charge in [-0.2, -0.15) is 0 Å². The molecule has 0 aliphatic carbocycles. The van der Waals surface area contributed by atoms with Crippen LogP contribution in [-0.4, -0.2) is 19.6 Å². The van der Waals surface area contributed by atoms with Crippen molar-refractivity contribution in [3.05, 3.63) is 28.8 Å². The SMILES string of the molecule is CC(C)CNCc1c(Cl)cccc1N(C)C(C)C(C)(C)C. The molecule has 1 N–H and O–H groups in total. The molecule has 0 radical (unpaired) electrons. The maximum Gasteiger partial charge on any atom is 0.0471 e. The van der Waals surface area contributed by atoms with E-state index in [9.17, 15) is 0 Å². The van der Waals surface area contributed by atoms with E-state index in [1.165, 1.54) is 11.3 Å². The summed E-state index contributed by atoms with van der Waals surface area (Å²) in [6.07, 6.45) is 0. The fourth-order valence-electron chi connectivity index (χ4n) is 2.33. The summed E-state index contributed by atoms with van der Waals surface area (Å²) in [6.45, 7) is 15.3. The van der Waals surface area contributed by atoms with Crippen LogP contribution in [-0.2, 0) is 6.54 Å². The molecule has 1 unspecified atom stereocenters. The highest BCUT2D eigenvalue weighted by Gasteiger charge is 2.25. The minimum atomic E-state index is 0.222. The fourth-order valence-corrected chi connectivity index (χ4v) is 2.56. The second kappa shape index (κ2) is 7.51. The van der Waals surface area contributed by atoms with Crippen molar-refractivity contribution in [2.24, 2.45) is 11.3 Å². The van der Waals surface area contributed by atoms with Crippen LogP contribution in [0.4, 0.5) is 5.69 Å². The van der Waals surface area contributed by atoms with E-state index in [1.807, 2.05) is 12.1 Å². The van der Waals surface area contributed by atoms with E-state index in [2.05, 4.69) is 64.9 Å². The minimum absolute atomic E-state index is 0.222. The molecular weight excluding hydrogens is 280 g/mol. The van der Waals surface area contributed by atoms with Crippen molar-refractivity contribution in [2.75, 3.05) is 18.5 Å². The molecule has 0 heterocycles. The molecule has 0 bridgehead atoms. The summed E-state index contributed by atoms with van der Waals surface area (Å²) in [5, 5.41) is 4.35. The monoisotopic (exact) mass is 310 g/mol. The Bertz CT molecular complexity index is 449. The summed E-state index contributed by atoms with van der Waals surface area (Å²) in [5.74, 6) is 0.641. The Kier molecular flexibility index (Phi) is 6.55. The first-order chi connectivity index (χ1) is 9.64. The molecule has 0 fully saturated rings. The topological polar surface area (TPSA) is 15.3 Å². The first kappa shape index (κ1) is 18.3. The Morgan fingerprint density at radius 2 is 1.81 bits per heavy atom. The summed E-state index contributed by atoms with van der Waals surface area (Å²) >= 11 is 6.44. The van der Waals surface area contributed by atoms with Crippen LogP contribution in [0.3, 0.4) is 0 Å². The van der Waals surface area contributed by atoms with E-state index in [0.29, 0.717) is 12.0 Å². The van der Waals surface area contributed by atoms with E-state index < -0.39 is 0 Å². The van der Waals surface area contributed by atoms with Crippen molar-refractivity contribution >= 4 is 17.3 Å². The quantitative estimate of drug-likeness (QED) is 0.799. The van der Waals surface area contributed by atoms with Gasteiger partial charge in [0.15, 0.2) is 0 Å². The van der Waals surface area contributed by atoms with Crippen LogP contribution in [0.15, 0.2) is 18.2 Å². The number of nitrogens with zero attached hydrogens (tertiary/aromatic N) is 1. The third-order valence-electron chi connectivity index (χ3n) is 4.16. The summed E-state index contributed by atoms with van der Waals surface area (Å²) < 4.78 is 0. The lowest BCUT2D eigenvalue weighted by molar-refractivity contribution is 0.329. The van der Waals surface area contributed by atoms with Crippen LogP contribution in [0.5, 0.6) is 0 Å². The second-order valence-electron chi connectivity index (χ2n) is 7.42. The lowest BCUT2D eigenvalue weighted by Gasteiger charge is -2.38. The van der Waals surface area contributed by atoms with Gasteiger partial charge in [0.05, 0.1) is 0 Å². The van der Waals surface area contributed by atoms with E-state index >= 15 is 0 Å². The van der Waals surface area contributed by atoms with Gasteiger partial charge in [-0.05, 0) is 36.9 Å². The molecule has 1 aromatic carbocycles. The molecule has 0 aromatic heterocycles. The van der Waals surface area contributed by atoms with Crippen molar-refractivity contribution in [3.8, 4) is 0 Å². The Morgan fingerprint density at radius 3 is 2.33 bits per heavy atom. The molecule has 0 aliphatic heterocycles. The molecule has 21 heavy (non-hydrogen) atoms. The average molecular weight is 311 g/mol. The lowest BCUT2D eigenvalue weighted by atomic mass is 9.86. The van der Waals surface area contributed by atoms with Gasteiger partial charge >= 0.3 is 0 Å². The first-order valence-electron chi connectivity index (χ1n) is 7.85. The zero-order valence-corrected chi connectivity index (χ0v) is 15.4. The number of anilines is 1. The smallest absolute Gasteiger partial charge is 0.0471 e. The van der Waals surface area contributed by atoms with Crippen LogP contribution >= 0.6 is 11.6 Å². The number of benzene rings is 1. The van der Waals surface area contributed by atoms with Crippen molar-refractivity contribution in [1.29, 1.82) is 0 Å². The Labute approximate surface area is 135 Å². The van der Waals surface area contributed by atoms with Crippen LogP contribution < -0.4 is 10.2 Å². The Hall–Kier alpha value is -0.730. The van der Waals surface area contributed by atoms with Gasteiger partial charge in [-0.1, -0.05) is 52.3 Å². The summed E-state index contributed by atoms with van der Waals surface area (Å²) in [5.41, 5.74) is 2.64. The highest BCUT2D eigenvalue weighted by atomic mass is 35.5. The second-order valence-corrected chi connectivity index (χ2v) is 7.82. The average Bonchev–Trinajstić information content (AvgIpc) is 2.37. The van der Waals surface area contributed by atoms with Crippen LogP contribution in [0.1, 0.15) is 47.1 Å². The van der Waals surface area contributed by atoms with Gasteiger partial charge in [0, 0.05) is 35.9 Å². The zero-order valence-electron chi connectivity index (χ0n) is 14.6. The largest absolute Gasteiger partial charge is 0.371 e. The Balaban J connectivity index is 2.98. The third-order valence-corrected chi connectivity index (χ3v) is 4.52. The number of hydrogen-bond donors (Lipinski definition) is 1. The van der Waals surface area contributed by atoms with Crippen LogP contribution in [0, 0.1) is 11.3 Å². The van der Waals surface area contributed by atoms with Gasteiger partial charge in [-0.3, -0.25) is 0 Å².